The molecule has 2 rings (SSSR count). The van der Waals surface area contributed by atoms with Gasteiger partial charge >= 0.3 is 0 Å². The first-order chi connectivity index (χ1) is 9.60. The van der Waals surface area contributed by atoms with Crippen LogP contribution in [0.15, 0.2) is 18.2 Å². The Labute approximate surface area is 130 Å². The van der Waals surface area contributed by atoms with E-state index in [1.807, 2.05) is 25.1 Å². The predicted molar refractivity (Wildman–Crippen MR) is 86.6 cm³/mol. The SMILES string of the molecule is Cc1ccc(NC(=S)N2CC[NH+](CCO)CC2)cc1Cl. The lowest BCUT2D eigenvalue weighted by Crippen LogP contribution is -3.15. The summed E-state index contributed by atoms with van der Waals surface area (Å²) in [6.45, 7) is 6.91. The van der Waals surface area contributed by atoms with Crippen LogP contribution >= 0.6 is 23.8 Å². The quantitative estimate of drug-likeness (QED) is 0.712. The summed E-state index contributed by atoms with van der Waals surface area (Å²) in [4.78, 5) is 3.61. The molecule has 0 unspecified atom stereocenters. The highest BCUT2D eigenvalue weighted by Gasteiger charge is 2.21. The minimum Gasteiger partial charge on any atom is -0.391 e. The number of hydrogen-bond donors (Lipinski definition) is 3. The zero-order valence-corrected chi connectivity index (χ0v) is 13.2. The van der Waals surface area contributed by atoms with Crippen molar-refractivity contribution in [1.29, 1.82) is 0 Å². The van der Waals surface area contributed by atoms with Crippen LogP contribution in [-0.4, -0.2) is 54.4 Å². The van der Waals surface area contributed by atoms with E-state index in [4.69, 9.17) is 28.9 Å². The molecule has 0 aliphatic carbocycles. The third kappa shape index (κ3) is 4.06. The van der Waals surface area contributed by atoms with Gasteiger partial charge in [0.25, 0.3) is 0 Å². The number of nitrogens with one attached hydrogen (secondary N) is 2. The van der Waals surface area contributed by atoms with Crippen molar-refractivity contribution >= 4 is 34.6 Å². The van der Waals surface area contributed by atoms with Crippen molar-refractivity contribution in [3.8, 4) is 0 Å². The summed E-state index contributed by atoms with van der Waals surface area (Å²) >= 11 is 11.6. The van der Waals surface area contributed by atoms with Crippen molar-refractivity contribution in [3.63, 3.8) is 0 Å². The molecule has 1 aliphatic rings. The normalized spacial score (nSPS) is 16.2. The maximum Gasteiger partial charge on any atom is 0.173 e. The van der Waals surface area contributed by atoms with Gasteiger partial charge in [0, 0.05) is 10.7 Å². The molecule has 3 N–H and O–H groups in total. The highest BCUT2D eigenvalue weighted by atomic mass is 35.5. The van der Waals surface area contributed by atoms with E-state index in [1.54, 1.807) is 0 Å². The van der Waals surface area contributed by atoms with Gasteiger partial charge in [-0.1, -0.05) is 17.7 Å². The molecule has 0 saturated carbocycles. The van der Waals surface area contributed by atoms with Crippen molar-refractivity contribution in [1.82, 2.24) is 4.90 Å². The molecule has 0 radical (unpaired) electrons. The number of aliphatic hydroxyl groups excluding tert-OH is 1. The number of aliphatic hydroxyl groups is 1. The Morgan fingerprint density at radius 2 is 2.15 bits per heavy atom. The van der Waals surface area contributed by atoms with Crippen molar-refractivity contribution in [2.45, 2.75) is 6.92 Å². The number of quaternary nitrogens is 1. The van der Waals surface area contributed by atoms with Gasteiger partial charge < -0.3 is 20.2 Å². The molecule has 0 bridgehead atoms. The Hall–Kier alpha value is -0.880. The molecule has 6 heteroatoms. The number of thiocarbonyl (C=S) groups is 1. The zero-order chi connectivity index (χ0) is 14.5. The second-order valence-electron chi connectivity index (χ2n) is 5.10. The third-order valence-corrected chi connectivity index (χ3v) is 4.41. The molecular weight excluding hydrogens is 294 g/mol. The molecule has 4 nitrogen and oxygen atoms in total. The molecule has 1 saturated heterocycles. The number of benzene rings is 1. The molecule has 20 heavy (non-hydrogen) atoms. The van der Waals surface area contributed by atoms with E-state index in [-0.39, 0.29) is 6.61 Å². The molecule has 0 amide bonds. The van der Waals surface area contributed by atoms with E-state index < -0.39 is 0 Å². The first kappa shape index (κ1) is 15.5. The molecule has 0 spiro atoms. The molecule has 1 aromatic rings. The number of nitrogens with zero attached hydrogens (tertiary/aromatic N) is 1. The predicted octanol–water partition coefficient (Wildman–Crippen LogP) is 0.538. The molecule has 110 valence electrons. The second kappa shape index (κ2) is 7.22. The lowest BCUT2D eigenvalue weighted by molar-refractivity contribution is -0.904. The fourth-order valence-corrected chi connectivity index (χ4v) is 2.79. The Morgan fingerprint density at radius 3 is 2.75 bits per heavy atom. The second-order valence-corrected chi connectivity index (χ2v) is 5.90. The van der Waals surface area contributed by atoms with Crippen molar-refractivity contribution in [2.24, 2.45) is 0 Å². The van der Waals surface area contributed by atoms with E-state index in [2.05, 4.69) is 10.2 Å². The van der Waals surface area contributed by atoms with Crippen LogP contribution in [-0.2, 0) is 0 Å². The van der Waals surface area contributed by atoms with Gasteiger partial charge in [0.05, 0.1) is 32.8 Å². The van der Waals surface area contributed by atoms with Gasteiger partial charge in [-0.3, -0.25) is 0 Å². The highest BCUT2D eigenvalue weighted by molar-refractivity contribution is 7.80. The molecule has 1 aliphatic heterocycles. The van der Waals surface area contributed by atoms with Gasteiger partial charge in [-0.25, -0.2) is 0 Å². The van der Waals surface area contributed by atoms with Gasteiger partial charge in [-0.05, 0) is 36.8 Å². The maximum absolute atomic E-state index is 8.95. The van der Waals surface area contributed by atoms with Crippen LogP contribution in [0, 0.1) is 6.92 Å². The number of hydrogen-bond acceptors (Lipinski definition) is 2. The van der Waals surface area contributed by atoms with Crippen LogP contribution in [0.25, 0.3) is 0 Å². The van der Waals surface area contributed by atoms with E-state index in [0.29, 0.717) is 0 Å². The third-order valence-electron chi connectivity index (χ3n) is 3.65. The summed E-state index contributed by atoms with van der Waals surface area (Å²) in [6.07, 6.45) is 0. The Morgan fingerprint density at radius 1 is 1.45 bits per heavy atom. The first-order valence-corrected chi connectivity index (χ1v) is 7.65. The van der Waals surface area contributed by atoms with E-state index in [1.165, 1.54) is 4.90 Å². The van der Waals surface area contributed by atoms with E-state index >= 15 is 0 Å². The minimum atomic E-state index is 0.250. The number of rotatable bonds is 3. The summed E-state index contributed by atoms with van der Waals surface area (Å²) in [5, 5.41) is 13.7. The van der Waals surface area contributed by atoms with Gasteiger partial charge in [-0.15, -0.1) is 0 Å². The van der Waals surface area contributed by atoms with Crippen LogP contribution in [0.3, 0.4) is 0 Å². The smallest absolute Gasteiger partial charge is 0.173 e. The highest BCUT2D eigenvalue weighted by Crippen LogP contribution is 2.20. The fraction of sp³-hybridized carbons (Fsp3) is 0.500. The molecule has 1 aromatic carbocycles. The maximum atomic E-state index is 8.95. The van der Waals surface area contributed by atoms with Crippen molar-refractivity contribution in [2.75, 3.05) is 44.6 Å². The van der Waals surface area contributed by atoms with Gasteiger partial charge in [0.1, 0.15) is 6.54 Å². The number of piperazine rings is 1. The Balaban J connectivity index is 1.88. The average Bonchev–Trinajstić information content (AvgIpc) is 2.44. The molecular formula is C14H21ClN3OS+. The zero-order valence-electron chi connectivity index (χ0n) is 11.7. The van der Waals surface area contributed by atoms with Gasteiger partial charge in [0.2, 0.25) is 0 Å². The van der Waals surface area contributed by atoms with Gasteiger partial charge in [-0.2, -0.15) is 0 Å². The molecule has 1 fully saturated rings. The fourth-order valence-electron chi connectivity index (χ4n) is 2.31. The first-order valence-electron chi connectivity index (χ1n) is 6.86. The van der Waals surface area contributed by atoms with Crippen LogP contribution in [0.4, 0.5) is 5.69 Å². The molecule has 0 aromatic heterocycles. The Kier molecular flexibility index (Phi) is 5.60. The number of anilines is 1. The summed E-state index contributed by atoms with van der Waals surface area (Å²) in [7, 11) is 0. The standard InChI is InChI=1S/C14H20ClN3OS/c1-11-2-3-12(10-13(11)15)16-14(20)18-6-4-17(5-7-18)8-9-19/h2-3,10,19H,4-9H2,1H3,(H,16,20)/p+1. The Bertz CT molecular complexity index is 475. The summed E-state index contributed by atoms with van der Waals surface area (Å²) in [5.74, 6) is 0. The lowest BCUT2D eigenvalue weighted by Gasteiger charge is -2.33. The number of halogens is 1. The molecule has 1 heterocycles. The van der Waals surface area contributed by atoms with Crippen LogP contribution < -0.4 is 10.2 Å². The summed E-state index contributed by atoms with van der Waals surface area (Å²) in [6, 6.07) is 5.87. The topological polar surface area (TPSA) is 39.9 Å². The van der Waals surface area contributed by atoms with Gasteiger partial charge in [0.15, 0.2) is 5.11 Å². The summed E-state index contributed by atoms with van der Waals surface area (Å²) < 4.78 is 0. The number of aryl methyl sites for hydroxylation is 1. The van der Waals surface area contributed by atoms with Crippen molar-refractivity contribution in [3.05, 3.63) is 28.8 Å². The lowest BCUT2D eigenvalue weighted by atomic mass is 10.2. The largest absolute Gasteiger partial charge is 0.391 e. The van der Waals surface area contributed by atoms with Crippen LogP contribution in [0.5, 0.6) is 0 Å². The summed E-state index contributed by atoms with van der Waals surface area (Å²) in [5.41, 5.74) is 1.99. The van der Waals surface area contributed by atoms with Crippen molar-refractivity contribution < 1.29 is 10.0 Å². The monoisotopic (exact) mass is 314 g/mol. The minimum absolute atomic E-state index is 0.250. The van der Waals surface area contributed by atoms with Crippen LogP contribution in [0.1, 0.15) is 5.56 Å². The van der Waals surface area contributed by atoms with E-state index in [9.17, 15) is 0 Å². The molecule has 0 atom stereocenters. The van der Waals surface area contributed by atoms with Crippen LogP contribution in [0.2, 0.25) is 5.02 Å². The average molecular weight is 315 g/mol. The van der Waals surface area contributed by atoms with E-state index in [0.717, 1.165) is 54.1 Å².